The Bertz CT molecular complexity index is 1170. The highest BCUT2D eigenvalue weighted by Gasteiger charge is 2.52. The molecule has 2 heterocycles. The summed E-state index contributed by atoms with van der Waals surface area (Å²) in [6, 6.07) is 11.0. The van der Waals surface area contributed by atoms with Crippen LogP contribution in [-0.2, 0) is 11.3 Å². The van der Waals surface area contributed by atoms with Gasteiger partial charge in [0, 0.05) is 25.3 Å². The average molecular weight is 480 g/mol. The molecule has 1 fully saturated rings. The SMILES string of the molecule is CC(C)(C(=O)NCc1ccc(Cl)c(Nc2nc3cc(N4CCCC4)ccc3[nH]2)c1)C(F)(F)F. The third kappa shape index (κ3) is 4.88. The number of benzene rings is 2. The van der Waals surface area contributed by atoms with Gasteiger partial charge >= 0.3 is 6.18 Å². The van der Waals surface area contributed by atoms with E-state index in [-0.39, 0.29) is 6.54 Å². The summed E-state index contributed by atoms with van der Waals surface area (Å²) in [5, 5.41) is 5.90. The Morgan fingerprint density at radius 3 is 2.58 bits per heavy atom. The summed E-state index contributed by atoms with van der Waals surface area (Å²) in [5.41, 5.74) is 1.46. The molecule has 6 nitrogen and oxygen atoms in total. The summed E-state index contributed by atoms with van der Waals surface area (Å²) in [7, 11) is 0. The van der Waals surface area contributed by atoms with Gasteiger partial charge in [0.05, 0.1) is 21.7 Å². The molecule has 0 saturated carbocycles. The predicted molar refractivity (Wildman–Crippen MR) is 124 cm³/mol. The minimum Gasteiger partial charge on any atom is -0.371 e. The van der Waals surface area contributed by atoms with Crippen molar-refractivity contribution in [2.75, 3.05) is 23.3 Å². The van der Waals surface area contributed by atoms with Gasteiger partial charge in [-0.2, -0.15) is 13.2 Å². The lowest BCUT2D eigenvalue weighted by molar-refractivity contribution is -0.211. The molecule has 1 aliphatic rings. The van der Waals surface area contributed by atoms with Crippen LogP contribution in [0.15, 0.2) is 36.4 Å². The molecule has 1 aromatic heterocycles. The van der Waals surface area contributed by atoms with E-state index < -0.39 is 17.5 Å². The Hall–Kier alpha value is -2.94. The molecule has 0 spiro atoms. The summed E-state index contributed by atoms with van der Waals surface area (Å²) in [5.74, 6) is -0.601. The minimum atomic E-state index is -4.64. The maximum Gasteiger partial charge on any atom is 0.402 e. The predicted octanol–water partition coefficient (Wildman–Crippen LogP) is 5.76. The molecule has 0 unspecified atom stereocenters. The van der Waals surface area contributed by atoms with Crippen LogP contribution in [0.3, 0.4) is 0 Å². The zero-order chi connectivity index (χ0) is 23.8. The van der Waals surface area contributed by atoms with Crippen molar-refractivity contribution in [1.29, 1.82) is 0 Å². The Morgan fingerprint density at radius 2 is 1.88 bits per heavy atom. The third-order valence-electron chi connectivity index (χ3n) is 5.95. The molecule has 2 aromatic carbocycles. The van der Waals surface area contributed by atoms with E-state index in [9.17, 15) is 18.0 Å². The molecule has 1 saturated heterocycles. The molecule has 0 aliphatic carbocycles. The number of imidazole rings is 1. The Balaban J connectivity index is 1.48. The zero-order valence-electron chi connectivity index (χ0n) is 18.3. The normalized spacial score (nSPS) is 14.7. The number of halogens is 4. The van der Waals surface area contributed by atoms with Gasteiger partial charge in [0.25, 0.3) is 0 Å². The molecule has 176 valence electrons. The number of hydrogen-bond donors (Lipinski definition) is 3. The number of carbonyl (C=O) groups is 1. The second-order valence-electron chi connectivity index (χ2n) is 8.73. The molecule has 1 aliphatic heterocycles. The first-order valence-electron chi connectivity index (χ1n) is 10.7. The number of aromatic nitrogens is 2. The van der Waals surface area contributed by atoms with Gasteiger partial charge in [-0.3, -0.25) is 4.79 Å². The molecule has 3 aromatic rings. The smallest absolute Gasteiger partial charge is 0.371 e. The number of nitrogens with zero attached hydrogens (tertiary/aromatic N) is 2. The summed E-state index contributed by atoms with van der Waals surface area (Å²) >= 11 is 6.30. The maximum atomic E-state index is 13.1. The van der Waals surface area contributed by atoms with Crippen LogP contribution < -0.4 is 15.5 Å². The summed E-state index contributed by atoms with van der Waals surface area (Å²) < 4.78 is 39.2. The number of anilines is 3. The van der Waals surface area contributed by atoms with Gasteiger partial charge in [0.15, 0.2) is 0 Å². The van der Waals surface area contributed by atoms with Crippen LogP contribution in [0.2, 0.25) is 5.02 Å². The van der Waals surface area contributed by atoms with Crippen LogP contribution in [-0.4, -0.2) is 35.1 Å². The van der Waals surface area contributed by atoms with Crippen molar-refractivity contribution >= 4 is 45.9 Å². The van der Waals surface area contributed by atoms with Crippen LogP contribution in [0.4, 0.5) is 30.5 Å². The summed E-state index contributed by atoms with van der Waals surface area (Å²) in [6.07, 6.45) is -2.26. The first-order chi connectivity index (χ1) is 15.5. The molecule has 3 N–H and O–H groups in total. The van der Waals surface area contributed by atoms with Crippen LogP contribution >= 0.6 is 11.6 Å². The van der Waals surface area contributed by atoms with Gasteiger partial charge in [-0.05, 0) is 62.6 Å². The van der Waals surface area contributed by atoms with E-state index >= 15 is 0 Å². The molecule has 0 atom stereocenters. The molecule has 33 heavy (non-hydrogen) atoms. The van der Waals surface area contributed by atoms with Crippen LogP contribution in [0, 0.1) is 5.41 Å². The van der Waals surface area contributed by atoms with Gasteiger partial charge < -0.3 is 20.5 Å². The van der Waals surface area contributed by atoms with Gasteiger partial charge in [0.1, 0.15) is 5.41 Å². The van der Waals surface area contributed by atoms with E-state index in [1.54, 1.807) is 18.2 Å². The van der Waals surface area contributed by atoms with Crippen molar-refractivity contribution in [3.63, 3.8) is 0 Å². The number of nitrogens with one attached hydrogen (secondary N) is 3. The highest BCUT2D eigenvalue weighted by Crippen LogP contribution is 2.37. The molecular weight excluding hydrogens is 455 g/mol. The fourth-order valence-corrected chi connectivity index (χ4v) is 3.83. The van der Waals surface area contributed by atoms with Gasteiger partial charge in [-0.1, -0.05) is 17.7 Å². The number of aromatic amines is 1. The second kappa shape index (κ2) is 8.78. The van der Waals surface area contributed by atoms with Crippen molar-refractivity contribution in [2.45, 2.75) is 39.4 Å². The summed E-state index contributed by atoms with van der Waals surface area (Å²) in [4.78, 5) is 22.2. The molecular formula is C23H25ClF3N5O. The van der Waals surface area contributed by atoms with E-state index in [0.29, 0.717) is 22.2 Å². The largest absolute Gasteiger partial charge is 0.402 e. The van der Waals surface area contributed by atoms with E-state index in [2.05, 4.69) is 31.6 Å². The Kier molecular flexibility index (Phi) is 6.18. The minimum absolute atomic E-state index is 0.0660. The van der Waals surface area contributed by atoms with Crippen LogP contribution in [0.1, 0.15) is 32.3 Å². The standard InChI is InChI=1S/C23H25ClF3N5O/c1-22(2,23(25,26)27)20(33)28-13-14-5-7-16(24)18(11-14)30-21-29-17-8-6-15(12-19(17)31-21)32-9-3-4-10-32/h5-8,11-12H,3-4,9-10,13H2,1-2H3,(H,28,33)(H2,29,30,31). The van der Waals surface area contributed by atoms with Crippen LogP contribution in [0.5, 0.6) is 0 Å². The number of H-pyrrole nitrogens is 1. The first-order valence-corrected chi connectivity index (χ1v) is 11.1. The lowest BCUT2D eigenvalue weighted by Crippen LogP contribution is -2.46. The van der Waals surface area contributed by atoms with E-state index in [0.717, 1.165) is 43.7 Å². The molecule has 0 radical (unpaired) electrons. The molecule has 1 amide bonds. The van der Waals surface area contributed by atoms with Gasteiger partial charge in [-0.15, -0.1) is 0 Å². The van der Waals surface area contributed by atoms with E-state index in [1.165, 1.54) is 12.8 Å². The fraction of sp³-hybridized carbons (Fsp3) is 0.391. The van der Waals surface area contributed by atoms with Crippen molar-refractivity contribution in [2.24, 2.45) is 5.41 Å². The van der Waals surface area contributed by atoms with Gasteiger partial charge in [0.2, 0.25) is 11.9 Å². The lowest BCUT2D eigenvalue weighted by Gasteiger charge is -2.26. The highest BCUT2D eigenvalue weighted by atomic mass is 35.5. The van der Waals surface area contributed by atoms with Crippen molar-refractivity contribution < 1.29 is 18.0 Å². The Labute approximate surface area is 194 Å². The molecule has 10 heteroatoms. The lowest BCUT2D eigenvalue weighted by atomic mass is 9.91. The van der Waals surface area contributed by atoms with Crippen molar-refractivity contribution in [1.82, 2.24) is 15.3 Å². The van der Waals surface area contributed by atoms with Crippen molar-refractivity contribution in [3.8, 4) is 0 Å². The number of alkyl halides is 3. The number of hydrogen-bond acceptors (Lipinski definition) is 4. The van der Waals surface area contributed by atoms with E-state index in [4.69, 9.17) is 11.6 Å². The number of carbonyl (C=O) groups excluding carboxylic acids is 1. The van der Waals surface area contributed by atoms with E-state index in [1.807, 2.05) is 12.1 Å². The average Bonchev–Trinajstić information content (AvgIpc) is 3.42. The topological polar surface area (TPSA) is 73.1 Å². The quantitative estimate of drug-likeness (QED) is 0.420. The monoisotopic (exact) mass is 479 g/mol. The zero-order valence-corrected chi connectivity index (χ0v) is 19.1. The Morgan fingerprint density at radius 1 is 1.15 bits per heavy atom. The van der Waals surface area contributed by atoms with Gasteiger partial charge in [-0.25, -0.2) is 4.98 Å². The molecule has 4 rings (SSSR count). The summed E-state index contributed by atoms with van der Waals surface area (Å²) in [6.45, 7) is 3.73. The maximum absolute atomic E-state index is 13.1. The van der Waals surface area contributed by atoms with Crippen LogP contribution in [0.25, 0.3) is 11.0 Å². The van der Waals surface area contributed by atoms with Crippen molar-refractivity contribution in [3.05, 3.63) is 47.0 Å². The number of fused-ring (bicyclic) bond motifs is 1. The molecule has 0 bridgehead atoms. The number of amides is 1. The first kappa shape index (κ1) is 23.2. The number of rotatable bonds is 6. The highest BCUT2D eigenvalue weighted by molar-refractivity contribution is 6.33. The fourth-order valence-electron chi connectivity index (χ4n) is 3.66. The second-order valence-corrected chi connectivity index (χ2v) is 9.13. The third-order valence-corrected chi connectivity index (χ3v) is 6.28.